The van der Waals surface area contributed by atoms with E-state index in [0.717, 1.165) is 0 Å². The zero-order chi connectivity index (χ0) is 8.74. The van der Waals surface area contributed by atoms with E-state index in [1.807, 2.05) is 0 Å². The van der Waals surface area contributed by atoms with Gasteiger partial charge < -0.3 is 4.57 Å². The minimum absolute atomic E-state index is 0.171. The molecule has 68 valence electrons. The van der Waals surface area contributed by atoms with Crippen LogP contribution in [0, 0.1) is 0 Å². The van der Waals surface area contributed by atoms with Gasteiger partial charge in [0.25, 0.3) is 0 Å². The summed E-state index contributed by atoms with van der Waals surface area (Å²) in [6.45, 7) is -2.33. The quantitative estimate of drug-likeness (QED) is 0.671. The second-order valence-electron chi connectivity index (χ2n) is 1.86. The summed E-state index contributed by atoms with van der Waals surface area (Å²) in [5.41, 5.74) is 0. The standard InChI is InChI=1S/C4H8Cl3O3P/c5-9-1-3-11(7,8)4-2-10-6/h1-4H2. The highest BCUT2D eigenvalue weighted by Gasteiger charge is 2.17. The molecular formula is C4H8Cl3O3P. The number of halogens is 3. The third kappa shape index (κ3) is 7.38. The van der Waals surface area contributed by atoms with E-state index in [-0.39, 0.29) is 25.5 Å². The van der Waals surface area contributed by atoms with Gasteiger partial charge in [-0.3, -0.25) is 8.58 Å². The van der Waals surface area contributed by atoms with Crippen LogP contribution in [0.3, 0.4) is 0 Å². The molecule has 0 N–H and O–H groups in total. The second kappa shape index (κ2) is 6.53. The van der Waals surface area contributed by atoms with Gasteiger partial charge in [-0.1, -0.05) is 11.2 Å². The van der Waals surface area contributed by atoms with Crippen molar-refractivity contribution in [3.05, 3.63) is 0 Å². The number of hydrogen-bond acceptors (Lipinski definition) is 3. The highest BCUT2D eigenvalue weighted by molar-refractivity contribution is 7.89. The van der Waals surface area contributed by atoms with Crippen LogP contribution in [0.2, 0.25) is 0 Å². The maximum Gasteiger partial charge on any atom is 0.174 e. The van der Waals surface area contributed by atoms with Crippen LogP contribution in [-0.2, 0) is 13.1 Å². The highest BCUT2D eigenvalue weighted by Crippen LogP contribution is 2.50. The van der Waals surface area contributed by atoms with Gasteiger partial charge in [-0.05, 0) is 0 Å². The summed E-state index contributed by atoms with van der Waals surface area (Å²) in [6, 6.07) is 0. The molecule has 0 aromatic rings. The van der Waals surface area contributed by atoms with E-state index in [4.69, 9.17) is 35.0 Å². The maximum absolute atomic E-state index is 11.2. The third-order valence-electron chi connectivity index (χ3n) is 1.00. The van der Waals surface area contributed by atoms with Gasteiger partial charge in [0.05, 0.1) is 36.9 Å². The summed E-state index contributed by atoms with van der Waals surface area (Å²) in [5, 5.41) is 0. The van der Waals surface area contributed by atoms with Crippen molar-refractivity contribution < 1.29 is 13.1 Å². The van der Waals surface area contributed by atoms with Crippen LogP contribution in [0.15, 0.2) is 0 Å². The Hall–Kier alpha value is 1.02. The lowest BCUT2D eigenvalue weighted by Gasteiger charge is -2.06. The van der Waals surface area contributed by atoms with Crippen LogP contribution < -0.4 is 0 Å². The Morgan fingerprint density at radius 3 is 1.73 bits per heavy atom. The Morgan fingerprint density at radius 1 is 1.09 bits per heavy atom. The van der Waals surface area contributed by atoms with Gasteiger partial charge in [-0.25, -0.2) is 0 Å². The largest absolute Gasteiger partial charge is 0.306 e. The number of rotatable bonds is 6. The van der Waals surface area contributed by atoms with Crippen LogP contribution in [0.4, 0.5) is 0 Å². The molecule has 0 radical (unpaired) electrons. The van der Waals surface area contributed by atoms with E-state index in [0.29, 0.717) is 0 Å². The molecule has 0 atom stereocenters. The van der Waals surface area contributed by atoms with E-state index in [2.05, 4.69) is 8.58 Å². The SMILES string of the molecule is O=P(Cl)(CCOCl)CCOCl. The molecule has 7 heteroatoms. The smallest absolute Gasteiger partial charge is 0.174 e. The van der Waals surface area contributed by atoms with Crippen molar-refractivity contribution in [2.45, 2.75) is 0 Å². The van der Waals surface area contributed by atoms with Crippen molar-refractivity contribution in [1.29, 1.82) is 0 Å². The average Bonchev–Trinajstić information content (AvgIpc) is 1.97. The lowest BCUT2D eigenvalue weighted by molar-refractivity contribution is 0.370. The van der Waals surface area contributed by atoms with Crippen LogP contribution in [0.25, 0.3) is 0 Å². The molecule has 3 nitrogen and oxygen atoms in total. The molecule has 0 aliphatic rings. The van der Waals surface area contributed by atoms with Gasteiger partial charge in [0.1, 0.15) is 0 Å². The normalized spacial score (nSPS) is 11.9. The Balaban J connectivity index is 3.53. The number of hydrogen-bond donors (Lipinski definition) is 0. The molecule has 11 heavy (non-hydrogen) atoms. The predicted octanol–water partition coefficient (Wildman–Crippen LogP) is 2.84. The maximum atomic E-state index is 11.2. The monoisotopic (exact) mass is 240 g/mol. The molecule has 0 fully saturated rings. The summed E-state index contributed by atoms with van der Waals surface area (Å²) >= 11 is 15.4. The first-order chi connectivity index (χ1) is 5.12. The average molecular weight is 241 g/mol. The van der Waals surface area contributed by atoms with E-state index < -0.39 is 6.49 Å². The molecule has 0 saturated heterocycles. The van der Waals surface area contributed by atoms with E-state index >= 15 is 0 Å². The first-order valence-electron chi connectivity index (χ1n) is 2.87. The lowest BCUT2D eigenvalue weighted by atomic mass is 10.9. The first-order valence-corrected chi connectivity index (χ1v) is 6.47. The first kappa shape index (κ1) is 12.0. The topological polar surface area (TPSA) is 35.5 Å². The van der Waals surface area contributed by atoms with Gasteiger partial charge >= 0.3 is 0 Å². The minimum Gasteiger partial charge on any atom is -0.306 e. The van der Waals surface area contributed by atoms with E-state index in [1.165, 1.54) is 0 Å². The molecule has 0 saturated carbocycles. The van der Waals surface area contributed by atoms with Crippen LogP contribution in [-0.4, -0.2) is 25.5 Å². The van der Waals surface area contributed by atoms with Crippen molar-refractivity contribution in [2.75, 3.05) is 25.5 Å². The summed E-state index contributed by atoms with van der Waals surface area (Å²) in [4.78, 5) is 0. The molecule has 0 aromatic carbocycles. The fraction of sp³-hybridized carbons (Fsp3) is 1.00. The van der Waals surface area contributed by atoms with Crippen molar-refractivity contribution in [1.82, 2.24) is 0 Å². The summed E-state index contributed by atoms with van der Waals surface area (Å²) in [7, 11) is 0. The molecule has 0 bridgehead atoms. The van der Waals surface area contributed by atoms with Crippen molar-refractivity contribution >= 4 is 41.5 Å². The summed E-state index contributed by atoms with van der Waals surface area (Å²) in [5.74, 6) is 0. The molecule has 0 unspecified atom stereocenters. The molecule has 0 aliphatic carbocycles. The molecule has 0 rings (SSSR count). The zero-order valence-corrected chi connectivity index (χ0v) is 8.80. The van der Waals surface area contributed by atoms with Crippen molar-refractivity contribution in [3.8, 4) is 0 Å². The molecule has 0 aromatic heterocycles. The van der Waals surface area contributed by atoms with Crippen LogP contribution in [0.5, 0.6) is 0 Å². The van der Waals surface area contributed by atoms with E-state index in [9.17, 15) is 4.57 Å². The highest BCUT2D eigenvalue weighted by atomic mass is 35.7. The van der Waals surface area contributed by atoms with Gasteiger partial charge in [-0.15, -0.1) is 0 Å². The van der Waals surface area contributed by atoms with E-state index in [1.54, 1.807) is 0 Å². The Morgan fingerprint density at radius 2 is 1.45 bits per heavy atom. The summed E-state index contributed by atoms with van der Waals surface area (Å²) in [6.07, 6.45) is 0.469. The summed E-state index contributed by atoms with van der Waals surface area (Å²) < 4.78 is 19.6. The minimum atomic E-state index is -2.67. The van der Waals surface area contributed by atoms with Gasteiger partial charge in [-0.2, -0.15) is 0 Å². The van der Waals surface area contributed by atoms with Gasteiger partial charge in [0.2, 0.25) is 0 Å². The third-order valence-corrected chi connectivity index (χ3v) is 4.03. The van der Waals surface area contributed by atoms with Crippen LogP contribution >= 0.6 is 41.5 Å². The fourth-order valence-corrected chi connectivity index (χ4v) is 2.19. The van der Waals surface area contributed by atoms with Crippen molar-refractivity contribution in [2.24, 2.45) is 0 Å². The second-order valence-corrected chi connectivity index (χ2v) is 6.62. The molecular weight excluding hydrogens is 233 g/mol. The molecule has 0 spiro atoms. The van der Waals surface area contributed by atoms with Crippen LogP contribution in [0.1, 0.15) is 0 Å². The Kier molecular flexibility index (Phi) is 7.13. The predicted molar refractivity (Wildman–Crippen MR) is 46.8 cm³/mol. The molecule has 0 amide bonds. The van der Waals surface area contributed by atoms with Gasteiger partial charge in [0, 0.05) is 12.3 Å². The van der Waals surface area contributed by atoms with Gasteiger partial charge in [0.15, 0.2) is 6.49 Å². The Labute approximate surface area is 80.4 Å². The zero-order valence-electron chi connectivity index (χ0n) is 5.63. The Bertz CT molecular complexity index is 131. The lowest BCUT2D eigenvalue weighted by Crippen LogP contribution is -1.99. The molecule has 0 aliphatic heterocycles. The molecule has 0 heterocycles. The fourth-order valence-electron chi connectivity index (χ4n) is 0.453. The van der Waals surface area contributed by atoms with Crippen molar-refractivity contribution in [3.63, 3.8) is 0 Å².